The molecule has 1 aromatic heterocycles. The summed E-state index contributed by atoms with van der Waals surface area (Å²) in [5.74, 6) is -3.08. The molecule has 2 atom stereocenters. The van der Waals surface area contributed by atoms with E-state index in [1.807, 2.05) is 0 Å². The van der Waals surface area contributed by atoms with Gasteiger partial charge in [-0.15, -0.1) is 4.28 Å². The van der Waals surface area contributed by atoms with Crippen LogP contribution < -0.4 is 10.8 Å². The Morgan fingerprint density at radius 2 is 2.06 bits per heavy atom. The van der Waals surface area contributed by atoms with Gasteiger partial charge in [-0.25, -0.2) is 15.1 Å². The number of carbonyl (C=O) groups excluding carboxylic acids is 3. The highest BCUT2D eigenvalue weighted by Gasteiger charge is 2.53. The zero-order valence-electron chi connectivity index (χ0n) is 18.1. The van der Waals surface area contributed by atoms with Gasteiger partial charge in [-0.2, -0.15) is 31.8 Å². The van der Waals surface area contributed by atoms with Crippen LogP contribution in [0.5, 0.6) is 0 Å². The van der Waals surface area contributed by atoms with Crippen LogP contribution in [0.2, 0.25) is 0 Å². The smallest absolute Gasteiger partial charge is 0.348 e. The number of urea groups is 1. The maximum atomic E-state index is 12.8. The maximum absolute atomic E-state index is 12.8. The van der Waals surface area contributed by atoms with Gasteiger partial charge < -0.3 is 15.1 Å². The molecule has 3 N–H and O–H groups in total. The van der Waals surface area contributed by atoms with Crippen molar-refractivity contribution in [2.45, 2.75) is 31.1 Å². The van der Waals surface area contributed by atoms with E-state index in [0.717, 1.165) is 4.90 Å². The second-order valence-electron chi connectivity index (χ2n) is 7.33. The number of hydroxylamine groups is 3. The fourth-order valence-corrected chi connectivity index (χ4v) is 3.99. The van der Waals surface area contributed by atoms with Crippen molar-refractivity contribution in [3.63, 3.8) is 0 Å². The number of alkyl halides is 3. The first-order chi connectivity index (χ1) is 16.2. The molecule has 2 aliphatic rings. The Hall–Kier alpha value is -3.45. The fourth-order valence-electron chi connectivity index (χ4n) is 3.62. The Kier molecular flexibility index (Phi) is 7.22. The lowest BCUT2D eigenvalue weighted by molar-refractivity contribution is -0.173. The first-order valence-electron chi connectivity index (χ1n) is 9.80. The van der Waals surface area contributed by atoms with Gasteiger partial charge >= 0.3 is 34.5 Å². The largest absolute Gasteiger partial charge is 0.471 e. The zero-order chi connectivity index (χ0) is 26.1. The molecule has 3 rings (SSSR count). The molecule has 19 heteroatoms. The summed E-state index contributed by atoms with van der Waals surface area (Å²) < 4.78 is 73.7. The number of amidine groups is 1. The molecule has 0 radical (unpaired) electrons. The van der Waals surface area contributed by atoms with Crippen molar-refractivity contribution in [3.8, 4) is 0 Å². The van der Waals surface area contributed by atoms with Gasteiger partial charge in [-0.3, -0.25) is 19.0 Å². The lowest BCUT2D eigenvalue weighted by Gasteiger charge is -2.31. The predicted molar refractivity (Wildman–Crippen MR) is 106 cm³/mol. The van der Waals surface area contributed by atoms with Crippen LogP contribution in [0.25, 0.3) is 0 Å². The monoisotopic (exact) mass is 527 g/mol. The Morgan fingerprint density at radius 1 is 1.37 bits per heavy atom. The van der Waals surface area contributed by atoms with E-state index < -0.39 is 53.1 Å². The quantitative estimate of drug-likeness (QED) is 0.138. The molecule has 0 spiro atoms. The molecule has 1 fully saturated rings. The average molecular weight is 527 g/mol. The van der Waals surface area contributed by atoms with Crippen molar-refractivity contribution in [1.82, 2.24) is 30.5 Å². The highest BCUT2D eigenvalue weighted by atomic mass is 32.3. The third-order valence-electron chi connectivity index (χ3n) is 5.08. The first kappa shape index (κ1) is 26.2. The summed E-state index contributed by atoms with van der Waals surface area (Å²) in [7, 11) is -2.15. The van der Waals surface area contributed by atoms with E-state index in [9.17, 15) is 36.0 Å². The molecule has 0 aliphatic carbocycles. The van der Waals surface area contributed by atoms with E-state index in [0.29, 0.717) is 16.3 Å². The van der Waals surface area contributed by atoms with Crippen molar-refractivity contribution in [2.75, 3.05) is 20.1 Å². The summed E-state index contributed by atoms with van der Waals surface area (Å²) >= 11 is 0. The molecule has 15 nitrogen and oxygen atoms in total. The van der Waals surface area contributed by atoms with Crippen molar-refractivity contribution in [3.05, 3.63) is 17.5 Å². The maximum Gasteiger partial charge on any atom is 0.471 e. The number of aryl methyl sites for hydroxylation is 1. The molecule has 0 aromatic carbocycles. The number of amides is 3. The summed E-state index contributed by atoms with van der Waals surface area (Å²) in [6.45, 7) is -0.498. The lowest BCUT2D eigenvalue weighted by atomic mass is 9.97. The van der Waals surface area contributed by atoms with Crippen molar-refractivity contribution < 1.29 is 49.6 Å². The van der Waals surface area contributed by atoms with Gasteiger partial charge in [0, 0.05) is 32.6 Å². The number of aromatic nitrogens is 2. The normalized spacial score (nSPS) is 20.1. The summed E-state index contributed by atoms with van der Waals surface area (Å²) in [5, 5.41) is 6.19. The average Bonchev–Trinajstić information content (AvgIpc) is 3.26. The number of nitrogens with one attached hydrogen (secondary N) is 2. The third kappa shape index (κ3) is 5.62. The standard InChI is InChI=1S/C16H20F3N7O8S/c1-20-13(23-33-10(27)4-3-5-21-14(28)16(17,18)19)12-11-8(6-22-24(11)2)9-7-25(12)15(29)26(9)34-35(30,31)32/h6,9,12H,3-5,7H2,1-2H3,(H,20,23)(H,21,28)(H,30,31,32)/t9-,12-/m0/s1. The molecule has 0 unspecified atom stereocenters. The van der Waals surface area contributed by atoms with E-state index in [-0.39, 0.29) is 25.2 Å². The van der Waals surface area contributed by atoms with E-state index in [4.69, 9.17) is 9.39 Å². The SMILES string of the molecule is CN=C(NOC(=O)CCCNC(=O)C(F)(F)F)[C@@H]1c2c(cnn2C)[C@@H]2CN1C(=O)N2OS(=O)(=O)O. The van der Waals surface area contributed by atoms with Crippen LogP contribution in [-0.2, 0) is 36.2 Å². The zero-order valence-corrected chi connectivity index (χ0v) is 19.0. The van der Waals surface area contributed by atoms with Crippen molar-refractivity contribution in [1.29, 1.82) is 0 Å². The van der Waals surface area contributed by atoms with Crippen molar-refractivity contribution in [2.24, 2.45) is 12.0 Å². The summed E-state index contributed by atoms with van der Waals surface area (Å²) in [6.07, 6.45) is -4.17. The minimum absolute atomic E-state index is 0.0610. The number of hydrogen-bond acceptors (Lipinski definition) is 9. The highest BCUT2D eigenvalue weighted by molar-refractivity contribution is 7.80. The Balaban J connectivity index is 1.67. The summed E-state index contributed by atoms with van der Waals surface area (Å²) in [6, 6.07) is -2.87. The fraction of sp³-hybridized carbons (Fsp3) is 0.562. The van der Waals surface area contributed by atoms with E-state index in [1.54, 1.807) is 12.4 Å². The van der Waals surface area contributed by atoms with Crippen LogP contribution in [0.1, 0.15) is 36.2 Å². The first-order valence-corrected chi connectivity index (χ1v) is 11.2. The molecule has 2 bridgehead atoms. The Morgan fingerprint density at radius 3 is 2.66 bits per heavy atom. The lowest BCUT2D eigenvalue weighted by Crippen LogP contribution is -2.45. The number of carbonyl (C=O) groups is 3. The molecule has 2 aliphatic heterocycles. The van der Waals surface area contributed by atoms with Gasteiger partial charge in [0.2, 0.25) is 0 Å². The topological polar surface area (TPSA) is 185 Å². The second kappa shape index (κ2) is 9.66. The third-order valence-corrected chi connectivity index (χ3v) is 5.42. The van der Waals surface area contributed by atoms with E-state index >= 15 is 0 Å². The van der Waals surface area contributed by atoms with E-state index in [2.05, 4.69) is 19.9 Å². The van der Waals surface area contributed by atoms with Crippen molar-refractivity contribution >= 4 is 34.1 Å². The van der Waals surface area contributed by atoms with Crippen LogP contribution in [-0.4, -0.2) is 82.8 Å². The molecular formula is C16H20F3N7O8S. The van der Waals surface area contributed by atoms with Gasteiger partial charge in [0.15, 0.2) is 5.84 Å². The van der Waals surface area contributed by atoms with Gasteiger partial charge in [0.05, 0.1) is 18.4 Å². The molecule has 1 aromatic rings. The predicted octanol–water partition coefficient (Wildman–Crippen LogP) is -0.477. The number of aliphatic imine (C=N–C) groups is 1. The molecule has 1 saturated heterocycles. The molecule has 35 heavy (non-hydrogen) atoms. The highest BCUT2D eigenvalue weighted by Crippen LogP contribution is 2.44. The molecule has 0 saturated carbocycles. The summed E-state index contributed by atoms with van der Waals surface area (Å²) in [4.78, 5) is 45.6. The molecular weight excluding hydrogens is 507 g/mol. The molecule has 3 heterocycles. The van der Waals surface area contributed by atoms with Crippen LogP contribution in [0.15, 0.2) is 11.2 Å². The number of hydrogen-bond donors (Lipinski definition) is 3. The molecule has 3 amide bonds. The van der Waals surface area contributed by atoms with Gasteiger partial charge in [-0.1, -0.05) is 0 Å². The van der Waals surface area contributed by atoms with Crippen LogP contribution >= 0.6 is 0 Å². The van der Waals surface area contributed by atoms with Gasteiger partial charge in [0.1, 0.15) is 12.1 Å². The number of nitrogens with zero attached hydrogens (tertiary/aromatic N) is 5. The minimum atomic E-state index is -5.03. The van der Waals surface area contributed by atoms with Crippen LogP contribution in [0.4, 0.5) is 18.0 Å². The van der Waals surface area contributed by atoms with Crippen LogP contribution in [0.3, 0.4) is 0 Å². The second-order valence-corrected chi connectivity index (χ2v) is 8.34. The minimum Gasteiger partial charge on any atom is -0.348 e. The van der Waals surface area contributed by atoms with E-state index in [1.165, 1.54) is 17.9 Å². The number of fused-ring (bicyclic) bond motifs is 4. The van der Waals surface area contributed by atoms with Crippen LogP contribution in [0, 0.1) is 0 Å². The Bertz CT molecular complexity index is 1150. The number of rotatable bonds is 7. The van der Waals surface area contributed by atoms with Gasteiger partial charge in [-0.05, 0) is 6.42 Å². The Labute approximate surface area is 195 Å². The van der Waals surface area contributed by atoms with Gasteiger partial charge in [0.25, 0.3) is 0 Å². The summed E-state index contributed by atoms with van der Waals surface area (Å²) in [5.41, 5.74) is 3.08. The number of halogens is 3. The molecule has 194 valence electrons.